The van der Waals surface area contributed by atoms with E-state index >= 15 is 0 Å². The Morgan fingerprint density at radius 1 is 1.21 bits per heavy atom. The van der Waals surface area contributed by atoms with E-state index in [1.165, 1.54) is 11.5 Å². The molecule has 24 heavy (non-hydrogen) atoms. The first-order chi connectivity index (χ1) is 11.3. The molecule has 0 radical (unpaired) electrons. The van der Waals surface area contributed by atoms with E-state index in [0.717, 1.165) is 0 Å². The number of hydrogen-bond acceptors (Lipinski definition) is 4. The van der Waals surface area contributed by atoms with E-state index < -0.39 is 11.7 Å². The van der Waals surface area contributed by atoms with Crippen molar-refractivity contribution in [3.8, 4) is 0 Å². The third-order valence-electron chi connectivity index (χ3n) is 3.84. The minimum absolute atomic E-state index is 0.0350. The van der Waals surface area contributed by atoms with Crippen LogP contribution in [-0.2, 0) is 4.79 Å². The van der Waals surface area contributed by atoms with Crippen molar-refractivity contribution >= 4 is 17.4 Å². The number of carbonyl (C=O) groups excluding carboxylic acids is 2. The summed E-state index contributed by atoms with van der Waals surface area (Å²) >= 11 is 0. The highest BCUT2D eigenvalue weighted by Crippen LogP contribution is 2.16. The van der Waals surface area contributed by atoms with Crippen LogP contribution >= 0.6 is 0 Å². The average Bonchev–Trinajstić information content (AvgIpc) is 2.51. The molecule has 1 N–H and O–H groups in total. The van der Waals surface area contributed by atoms with E-state index in [1.807, 2.05) is 6.92 Å². The van der Waals surface area contributed by atoms with Crippen LogP contribution in [0.3, 0.4) is 0 Å². The Hall–Kier alpha value is -2.76. The van der Waals surface area contributed by atoms with Crippen LogP contribution in [0.4, 0.5) is 5.69 Å². The van der Waals surface area contributed by atoms with Crippen LogP contribution in [-0.4, -0.2) is 21.2 Å². The minimum Gasteiger partial charge on any atom is -0.324 e. The molecule has 2 rings (SSSR count). The molecular formula is C18H21N3O3. The lowest BCUT2D eigenvalue weighted by molar-refractivity contribution is -0.119. The number of nitrogens with one attached hydrogen (secondary N) is 1. The number of Topliss-reactive ketones (excluding diaryl/α,β-unsaturated/α-hetero) is 1. The Kier molecular flexibility index (Phi) is 5.28. The molecular weight excluding hydrogens is 306 g/mol. The summed E-state index contributed by atoms with van der Waals surface area (Å²) in [6.45, 7) is 6.86. The van der Waals surface area contributed by atoms with Gasteiger partial charge >= 0.3 is 5.69 Å². The zero-order valence-corrected chi connectivity index (χ0v) is 14.3. The Labute approximate surface area is 140 Å². The van der Waals surface area contributed by atoms with Gasteiger partial charge in [-0.15, -0.1) is 0 Å². The maximum absolute atomic E-state index is 12.6. The quantitative estimate of drug-likeness (QED) is 0.856. The van der Waals surface area contributed by atoms with Crippen molar-refractivity contribution in [3.05, 3.63) is 57.8 Å². The molecule has 0 unspecified atom stereocenters. The number of nitrogens with zero attached hydrogens (tertiary/aromatic N) is 2. The fourth-order valence-corrected chi connectivity index (χ4v) is 2.64. The highest BCUT2D eigenvalue weighted by Gasteiger charge is 2.22. The Bertz CT molecular complexity index is 822. The van der Waals surface area contributed by atoms with Gasteiger partial charge in [-0.25, -0.2) is 4.79 Å². The zero-order valence-electron chi connectivity index (χ0n) is 14.3. The molecule has 1 aromatic heterocycles. The lowest BCUT2D eigenvalue weighted by Crippen LogP contribution is -2.36. The molecule has 1 heterocycles. The summed E-state index contributed by atoms with van der Waals surface area (Å²) in [7, 11) is 0. The van der Waals surface area contributed by atoms with E-state index in [9.17, 15) is 14.4 Å². The summed E-state index contributed by atoms with van der Waals surface area (Å²) in [5, 5.41) is 2.79. The number of aryl methyl sites for hydroxylation is 2. The van der Waals surface area contributed by atoms with Crippen molar-refractivity contribution in [2.45, 2.75) is 40.2 Å². The molecule has 1 aromatic carbocycles. The van der Waals surface area contributed by atoms with Crippen molar-refractivity contribution in [2.75, 3.05) is 5.32 Å². The van der Waals surface area contributed by atoms with E-state index in [2.05, 4.69) is 10.3 Å². The molecule has 0 aliphatic heterocycles. The third kappa shape index (κ3) is 3.76. The molecule has 6 heteroatoms. The fraction of sp³-hybridized carbons (Fsp3) is 0.333. The molecule has 0 spiro atoms. The van der Waals surface area contributed by atoms with Crippen LogP contribution in [0.25, 0.3) is 0 Å². The van der Waals surface area contributed by atoms with E-state index in [1.54, 1.807) is 44.2 Å². The van der Waals surface area contributed by atoms with Crippen molar-refractivity contribution < 1.29 is 9.59 Å². The smallest absolute Gasteiger partial charge is 0.324 e. The minimum atomic E-state index is -0.641. The summed E-state index contributed by atoms with van der Waals surface area (Å²) in [6.07, 6.45) is 0.461. The number of rotatable bonds is 5. The van der Waals surface area contributed by atoms with Crippen LogP contribution < -0.4 is 11.0 Å². The predicted octanol–water partition coefficient (Wildman–Crippen LogP) is 2.65. The van der Waals surface area contributed by atoms with E-state index in [-0.39, 0.29) is 11.7 Å². The number of aromatic nitrogens is 2. The van der Waals surface area contributed by atoms with Gasteiger partial charge in [0.05, 0.1) is 0 Å². The first kappa shape index (κ1) is 17.6. The average molecular weight is 327 g/mol. The van der Waals surface area contributed by atoms with Crippen LogP contribution in [0.2, 0.25) is 0 Å². The molecule has 2 aromatic rings. The van der Waals surface area contributed by atoms with Crippen LogP contribution in [0.15, 0.2) is 35.1 Å². The number of benzene rings is 1. The van der Waals surface area contributed by atoms with Crippen LogP contribution in [0.5, 0.6) is 0 Å². The number of ketones is 1. The Morgan fingerprint density at radius 2 is 1.83 bits per heavy atom. The second-order valence-corrected chi connectivity index (χ2v) is 5.74. The summed E-state index contributed by atoms with van der Waals surface area (Å²) in [6, 6.07) is 7.79. The lowest BCUT2D eigenvalue weighted by Gasteiger charge is -2.20. The summed E-state index contributed by atoms with van der Waals surface area (Å²) in [4.78, 5) is 40.0. The summed E-state index contributed by atoms with van der Waals surface area (Å²) in [5.41, 5.74) is 2.05. The highest BCUT2D eigenvalue weighted by molar-refractivity contribution is 5.96. The first-order valence-electron chi connectivity index (χ1n) is 7.82. The monoisotopic (exact) mass is 327 g/mol. The van der Waals surface area contributed by atoms with Gasteiger partial charge in [0.25, 0.3) is 0 Å². The largest absolute Gasteiger partial charge is 0.348 e. The standard InChI is InChI=1S/C18H21N3O3/c1-5-16(21-12(3)10-11(2)19-18(21)24)17(23)20-15-8-6-14(7-9-15)13(4)22/h6-10,16H,5H2,1-4H3,(H,20,23)/t16-/m1/s1. The van der Waals surface area contributed by atoms with Gasteiger partial charge < -0.3 is 5.32 Å². The number of hydrogen-bond donors (Lipinski definition) is 1. The van der Waals surface area contributed by atoms with Gasteiger partial charge in [0.2, 0.25) is 5.91 Å². The first-order valence-corrected chi connectivity index (χ1v) is 7.82. The summed E-state index contributed by atoms with van der Waals surface area (Å²) < 4.78 is 1.41. The zero-order chi connectivity index (χ0) is 17.9. The Balaban J connectivity index is 2.27. The van der Waals surface area contributed by atoms with E-state index in [4.69, 9.17) is 0 Å². The molecule has 6 nitrogen and oxygen atoms in total. The molecule has 126 valence electrons. The number of anilines is 1. The summed E-state index contributed by atoms with van der Waals surface area (Å²) in [5.74, 6) is -0.323. The van der Waals surface area contributed by atoms with Crippen molar-refractivity contribution in [1.82, 2.24) is 9.55 Å². The second kappa shape index (κ2) is 7.21. The Morgan fingerprint density at radius 3 is 2.33 bits per heavy atom. The maximum atomic E-state index is 12.6. The second-order valence-electron chi connectivity index (χ2n) is 5.74. The third-order valence-corrected chi connectivity index (χ3v) is 3.84. The molecule has 1 amide bonds. The molecule has 0 bridgehead atoms. The molecule has 0 fully saturated rings. The molecule has 0 saturated heterocycles. The van der Waals surface area contributed by atoms with Gasteiger partial charge in [-0.05, 0) is 57.5 Å². The van der Waals surface area contributed by atoms with Crippen molar-refractivity contribution in [2.24, 2.45) is 0 Å². The fourth-order valence-electron chi connectivity index (χ4n) is 2.64. The van der Waals surface area contributed by atoms with Crippen molar-refractivity contribution in [3.63, 3.8) is 0 Å². The molecule has 0 aliphatic carbocycles. The normalized spacial score (nSPS) is 11.8. The topological polar surface area (TPSA) is 81.1 Å². The number of carbonyl (C=O) groups is 2. The highest BCUT2D eigenvalue weighted by atomic mass is 16.2. The molecule has 1 atom stereocenters. The predicted molar refractivity (Wildman–Crippen MR) is 92.4 cm³/mol. The van der Waals surface area contributed by atoms with Crippen LogP contribution in [0, 0.1) is 13.8 Å². The van der Waals surface area contributed by atoms with Crippen molar-refractivity contribution in [1.29, 1.82) is 0 Å². The van der Waals surface area contributed by atoms with Gasteiger partial charge in [-0.2, -0.15) is 4.98 Å². The van der Waals surface area contributed by atoms with Crippen LogP contribution in [0.1, 0.15) is 48.1 Å². The van der Waals surface area contributed by atoms with Gasteiger partial charge in [0.15, 0.2) is 5.78 Å². The van der Waals surface area contributed by atoms with E-state index in [0.29, 0.717) is 29.1 Å². The molecule has 0 saturated carbocycles. The number of amides is 1. The maximum Gasteiger partial charge on any atom is 0.348 e. The lowest BCUT2D eigenvalue weighted by atomic mass is 10.1. The van der Waals surface area contributed by atoms with Gasteiger partial charge in [0.1, 0.15) is 6.04 Å². The SMILES string of the molecule is CC[C@H](C(=O)Nc1ccc(C(C)=O)cc1)n1c(C)cc(C)nc1=O. The van der Waals surface area contributed by atoms with Gasteiger partial charge in [0, 0.05) is 22.6 Å². The van der Waals surface area contributed by atoms with Gasteiger partial charge in [-0.3, -0.25) is 14.2 Å². The van der Waals surface area contributed by atoms with Gasteiger partial charge in [-0.1, -0.05) is 6.92 Å². The molecule has 0 aliphatic rings.